The predicted molar refractivity (Wildman–Crippen MR) is 63.1 cm³/mol. The van der Waals surface area contributed by atoms with E-state index in [4.69, 9.17) is 15.4 Å². The number of fused-ring (bicyclic) bond motifs is 1. The number of aryl methyl sites for hydroxylation is 1. The van der Waals surface area contributed by atoms with Gasteiger partial charge in [0.2, 0.25) is 9.05 Å². The van der Waals surface area contributed by atoms with Crippen LogP contribution in [-0.4, -0.2) is 20.8 Å². The van der Waals surface area contributed by atoms with Crippen molar-refractivity contribution in [3.05, 3.63) is 34.9 Å². The molecule has 0 aliphatic carbocycles. The first-order valence-electron chi connectivity index (χ1n) is 5.15. The zero-order chi connectivity index (χ0) is 11.6. The third-order valence-corrected chi connectivity index (χ3v) is 3.83. The average molecular weight is 261 g/mol. The summed E-state index contributed by atoms with van der Waals surface area (Å²) in [6.07, 6.45) is 1.37. The fourth-order valence-corrected chi connectivity index (χ4v) is 2.52. The van der Waals surface area contributed by atoms with Gasteiger partial charge in [0.25, 0.3) is 0 Å². The van der Waals surface area contributed by atoms with Gasteiger partial charge in [-0.25, -0.2) is 8.42 Å². The van der Waals surface area contributed by atoms with Crippen LogP contribution in [0.2, 0.25) is 0 Å². The summed E-state index contributed by atoms with van der Waals surface area (Å²) < 4.78 is 27.0. The molecule has 1 aromatic carbocycles. The van der Waals surface area contributed by atoms with E-state index in [1.807, 2.05) is 12.1 Å². The lowest BCUT2D eigenvalue weighted by atomic mass is 9.99. The molecule has 16 heavy (non-hydrogen) atoms. The first-order valence-corrected chi connectivity index (χ1v) is 7.63. The molecule has 0 aromatic heterocycles. The van der Waals surface area contributed by atoms with Gasteiger partial charge < -0.3 is 4.74 Å². The second kappa shape index (κ2) is 4.73. The van der Waals surface area contributed by atoms with Crippen molar-refractivity contribution in [2.24, 2.45) is 0 Å². The molecule has 88 valence electrons. The van der Waals surface area contributed by atoms with Gasteiger partial charge in [0.1, 0.15) is 0 Å². The molecule has 1 aliphatic heterocycles. The largest absolute Gasteiger partial charge is 0.376 e. The van der Waals surface area contributed by atoms with Crippen LogP contribution in [0, 0.1) is 0 Å². The Morgan fingerprint density at radius 2 is 2.12 bits per heavy atom. The van der Waals surface area contributed by atoms with E-state index in [0.29, 0.717) is 13.0 Å². The van der Waals surface area contributed by atoms with Gasteiger partial charge in [-0.15, -0.1) is 0 Å². The van der Waals surface area contributed by atoms with Crippen LogP contribution in [0.3, 0.4) is 0 Å². The summed E-state index contributed by atoms with van der Waals surface area (Å²) in [4.78, 5) is 0. The first kappa shape index (κ1) is 11.9. The highest BCUT2D eigenvalue weighted by molar-refractivity contribution is 8.13. The summed E-state index contributed by atoms with van der Waals surface area (Å²) in [5, 5.41) is 0. The molecule has 3 nitrogen and oxygen atoms in total. The molecular weight excluding hydrogens is 248 g/mol. The standard InChI is InChI=1S/C11H13ClO3S/c12-16(13,14)6-4-9-1-2-11-8-15-5-3-10(11)7-9/h1-2,7H,3-6,8H2. The molecular formula is C11H13ClO3S. The van der Waals surface area contributed by atoms with Crippen molar-refractivity contribution in [1.29, 1.82) is 0 Å². The van der Waals surface area contributed by atoms with Crippen LogP contribution in [0.25, 0.3) is 0 Å². The maximum absolute atomic E-state index is 10.8. The first-order chi connectivity index (χ1) is 7.54. The van der Waals surface area contributed by atoms with E-state index in [0.717, 1.165) is 18.6 Å². The van der Waals surface area contributed by atoms with Crippen molar-refractivity contribution in [2.75, 3.05) is 12.4 Å². The Kier molecular flexibility index (Phi) is 3.52. The molecule has 0 radical (unpaired) electrons. The van der Waals surface area contributed by atoms with Crippen molar-refractivity contribution in [3.8, 4) is 0 Å². The number of hydrogen-bond acceptors (Lipinski definition) is 3. The van der Waals surface area contributed by atoms with Gasteiger partial charge in [-0.2, -0.15) is 0 Å². The molecule has 1 aromatic rings. The van der Waals surface area contributed by atoms with Gasteiger partial charge in [0.15, 0.2) is 0 Å². The number of hydrogen-bond donors (Lipinski definition) is 0. The van der Waals surface area contributed by atoms with Crippen LogP contribution in [0.1, 0.15) is 16.7 Å². The highest BCUT2D eigenvalue weighted by Crippen LogP contribution is 2.19. The Morgan fingerprint density at radius 3 is 2.88 bits per heavy atom. The third kappa shape index (κ3) is 3.20. The van der Waals surface area contributed by atoms with Crippen molar-refractivity contribution in [1.82, 2.24) is 0 Å². The molecule has 2 rings (SSSR count). The van der Waals surface area contributed by atoms with Gasteiger partial charge in [-0.1, -0.05) is 18.2 Å². The average Bonchev–Trinajstić information content (AvgIpc) is 2.25. The number of benzene rings is 1. The van der Waals surface area contributed by atoms with E-state index in [1.165, 1.54) is 11.1 Å². The topological polar surface area (TPSA) is 43.4 Å². The van der Waals surface area contributed by atoms with Gasteiger partial charge in [0.05, 0.1) is 19.0 Å². The highest BCUT2D eigenvalue weighted by atomic mass is 35.7. The minimum Gasteiger partial charge on any atom is -0.376 e. The SMILES string of the molecule is O=S(=O)(Cl)CCc1ccc2c(c1)CCOC2. The van der Waals surface area contributed by atoms with Crippen LogP contribution in [-0.2, 0) is 33.2 Å². The lowest BCUT2D eigenvalue weighted by Crippen LogP contribution is -2.10. The number of rotatable bonds is 3. The maximum Gasteiger partial charge on any atom is 0.232 e. The molecule has 0 fully saturated rings. The van der Waals surface area contributed by atoms with Crippen molar-refractivity contribution in [2.45, 2.75) is 19.4 Å². The molecule has 5 heteroatoms. The molecule has 0 saturated heterocycles. The second-order valence-electron chi connectivity index (χ2n) is 3.90. The van der Waals surface area contributed by atoms with E-state index in [1.54, 1.807) is 0 Å². The summed E-state index contributed by atoms with van der Waals surface area (Å²) in [5.41, 5.74) is 3.48. The summed E-state index contributed by atoms with van der Waals surface area (Å²) in [6.45, 7) is 1.40. The molecule has 0 spiro atoms. The fraction of sp³-hybridized carbons (Fsp3) is 0.455. The van der Waals surface area contributed by atoms with Crippen molar-refractivity contribution >= 4 is 19.7 Å². The molecule has 0 saturated carbocycles. The minimum atomic E-state index is -3.40. The molecule has 0 unspecified atom stereocenters. The highest BCUT2D eigenvalue weighted by Gasteiger charge is 2.11. The normalized spacial score (nSPS) is 15.8. The Morgan fingerprint density at radius 1 is 1.31 bits per heavy atom. The quantitative estimate of drug-likeness (QED) is 0.780. The van der Waals surface area contributed by atoms with Gasteiger partial charge >= 0.3 is 0 Å². The van der Waals surface area contributed by atoms with Crippen molar-refractivity contribution in [3.63, 3.8) is 0 Å². The van der Waals surface area contributed by atoms with E-state index in [-0.39, 0.29) is 5.75 Å². The van der Waals surface area contributed by atoms with Crippen LogP contribution < -0.4 is 0 Å². The monoisotopic (exact) mass is 260 g/mol. The molecule has 0 atom stereocenters. The smallest absolute Gasteiger partial charge is 0.232 e. The van der Waals surface area contributed by atoms with Gasteiger partial charge in [-0.05, 0) is 29.5 Å². The Labute approximate surface area is 99.8 Å². The van der Waals surface area contributed by atoms with E-state index < -0.39 is 9.05 Å². The van der Waals surface area contributed by atoms with E-state index in [2.05, 4.69) is 6.07 Å². The molecule has 0 N–H and O–H groups in total. The maximum atomic E-state index is 10.8. The molecule has 1 heterocycles. The minimum absolute atomic E-state index is 0.0101. The second-order valence-corrected chi connectivity index (χ2v) is 6.80. The number of ether oxygens (including phenoxy) is 1. The molecule has 1 aliphatic rings. The number of halogens is 1. The Balaban J connectivity index is 2.11. The van der Waals surface area contributed by atoms with Crippen LogP contribution in [0.4, 0.5) is 0 Å². The zero-order valence-electron chi connectivity index (χ0n) is 8.78. The zero-order valence-corrected chi connectivity index (χ0v) is 10.4. The summed E-state index contributed by atoms with van der Waals surface area (Å²) in [7, 11) is 1.78. The van der Waals surface area contributed by atoms with Gasteiger partial charge in [0, 0.05) is 10.7 Å². The predicted octanol–water partition coefficient (Wildman–Crippen LogP) is 1.87. The van der Waals surface area contributed by atoms with Gasteiger partial charge in [-0.3, -0.25) is 0 Å². The fourth-order valence-electron chi connectivity index (χ4n) is 1.81. The van der Waals surface area contributed by atoms with E-state index >= 15 is 0 Å². The van der Waals surface area contributed by atoms with Crippen LogP contribution in [0.5, 0.6) is 0 Å². The Hall–Kier alpha value is -0.580. The lowest BCUT2D eigenvalue weighted by molar-refractivity contribution is 0.110. The lowest BCUT2D eigenvalue weighted by Gasteiger charge is -2.17. The summed E-state index contributed by atoms with van der Waals surface area (Å²) in [6, 6.07) is 6.00. The molecule has 0 bridgehead atoms. The molecule has 0 amide bonds. The van der Waals surface area contributed by atoms with Crippen LogP contribution >= 0.6 is 10.7 Å². The summed E-state index contributed by atoms with van der Waals surface area (Å²) in [5.74, 6) is -0.0101. The van der Waals surface area contributed by atoms with Crippen molar-refractivity contribution < 1.29 is 13.2 Å². The Bertz CT molecular complexity index is 482. The van der Waals surface area contributed by atoms with E-state index in [9.17, 15) is 8.42 Å². The third-order valence-electron chi connectivity index (χ3n) is 2.68. The van der Waals surface area contributed by atoms with Crippen LogP contribution in [0.15, 0.2) is 18.2 Å². The summed E-state index contributed by atoms with van der Waals surface area (Å²) >= 11 is 0.